The van der Waals surface area contributed by atoms with Crippen molar-refractivity contribution < 1.29 is 14.6 Å². The molecule has 1 atom stereocenters. The molecule has 1 unspecified atom stereocenters. The van der Waals surface area contributed by atoms with Gasteiger partial charge in [-0.3, -0.25) is 0 Å². The van der Waals surface area contributed by atoms with Gasteiger partial charge in [0.05, 0.1) is 24.4 Å². The Bertz CT molecular complexity index is 155. The van der Waals surface area contributed by atoms with Crippen LogP contribution in [-0.4, -0.2) is 36.1 Å². The van der Waals surface area contributed by atoms with E-state index in [0.29, 0.717) is 13.2 Å². The van der Waals surface area contributed by atoms with Crippen LogP contribution in [0.2, 0.25) is 0 Å². The van der Waals surface area contributed by atoms with E-state index in [1.807, 2.05) is 34.6 Å². The Morgan fingerprint density at radius 3 is 2.33 bits per heavy atom. The first-order valence-corrected chi connectivity index (χ1v) is 5.81. The van der Waals surface area contributed by atoms with Crippen molar-refractivity contribution in [2.75, 3.05) is 13.2 Å². The van der Waals surface area contributed by atoms with Crippen molar-refractivity contribution in [1.82, 2.24) is 0 Å². The number of ether oxygens (including phenoxy) is 2. The van der Waals surface area contributed by atoms with Gasteiger partial charge in [-0.05, 0) is 40.5 Å². The van der Waals surface area contributed by atoms with Gasteiger partial charge in [0.25, 0.3) is 0 Å². The highest BCUT2D eigenvalue weighted by molar-refractivity contribution is 4.69. The van der Waals surface area contributed by atoms with Crippen LogP contribution < -0.4 is 0 Å². The van der Waals surface area contributed by atoms with E-state index in [0.717, 1.165) is 12.8 Å². The summed E-state index contributed by atoms with van der Waals surface area (Å²) in [7, 11) is 0. The minimum atomic E-state index is -0.352. The van der Waals surface area contributed by atoms with Gasteiger partial charge in [-0.2, -0.15) is 0 Å². The molecule has 0 bridgehead atoms. The van der Waals surface area contributed by atoms with Gasteiger partial charge in [-0.1, -0.05) is 6.92 Å². The third kappa shape index (κ3) is 8.85. The van der Waals surface area contributed by atoms with Crippen LogP contribution in [0.5, 0.6) is 0 Å². The molecule has 0 rings (SSSR count). The molecule has 0 fully saturated rings. The number of aliphatic hydroxyl groups is 1. The maximum atomic E-state index is 9.38. The zero-order chi connectivity index (χ0) is 11.9. The first kappa shape index (κ1) is 14.9. The van der Waals surface area contributed by atoms with Gasteiger partial charge in [-0.25, -0.2) is 0 Å². The van der Waals surface area contributed by atoms with E-state index < -0.39 is 0 Å². The van der Waals surface area contributed by atoms with Gasteiger partial charge < -0.3 is 14.6 Å². The largest absolute Gasteiger partial charge is 0.391 e. The quantitative estimate of drug-likeness (QED) is 0.679. The summed E-state index contributed by atoms with van der Waals surface area (Å²) in [4.78, 5) is 0. The van der Waals surface area contributed by atoms with Crippen molar-refractivity contribution in [2.45, 2.75) is 65.3 Å². The molecule has 0 aliphatic carbocycles. The maximum Gasteiger partial charge on any atom is 0.0771 e. The van der Waals surface area contributed by atoms with E-state index in [1.54, 1.807) is 0 Å². The Hall–Kier alpha value is -0.120. The zero-order valence-electron chi connectivity index (χ0n) is 10.7. The molecule has 92 valence electrons. The summed E-state index contributed by atoms with van der Waals surface area (Å²) in [5, 5.41) is 9.38. The molecule has 0 saturated heterocycles. The molecule has 0 saturated carbocycles. The molecule has 3 nitrogen and oxygen atoms in total. The van der Waals surface area contributed by atoms with E-state index in [1.165, 1.54) is 0 Å². The molecule has 0 aliphatic heterocycles. The first-order valence-electron chi connectivity index (χ1n) is 5.81. The van der Waals surface area contributed by atoms with E-state index in [4.69, 9.17) is 9.47 Å². The standard InChI is InChI=1S/C12H26O3/c1-6-11(13)9-15-12(4,5)7-8-14-10(2)3/h10-11,13H,6-9H2,1-5H3. The number of aliphatic hydroxyl groups excluding tert-OH is 1. The SMILES string of the molecule is CCC(O)COC(C)(C)CCOC(C)C. The van der Waals surface area contributed by atoms with Crippen LogP contribution in [0.4, 0.5) is 0 Å². The number of hydrogen-bond donors (Lipinski definition) is 1. The average Bonchev–Trinajstić information content (AvgIpc) is 2.13. The molecule has 3 heteroatoms. The Kier molecular flexibility index (Phi) is 7.14. The van der Waals surface area contributed by atoms with Crippen molar-refractivity contribution >= 4 is 0 Å². The summed E-state index contributed by atoms with van der Waals surface area (Å²) in [5.74, 6) is 0. The molecule has 0 aromatic rings. The Balaban J connectivity index is 3.66. The summed E-state index contributed by atoms with van der Waals surface area (Å²) in [6, 6.07) is 0. The molecule has 0 heterocycles. The molecule has 1 N–H and O–H groups in total. The van der Waals surface area contributed by atoms with Crippen LogP contribution in [0.1, 0.15) is 47.5 Å². The van der Waals surface area contributed by atoms with Crippen LogP contribution in [-0.2, 0) is 9.47 Å². The fraction of sp³-hybridized carbons (Fsp3) is 1.00. The van der Waals surface area contributed by atoms with E-state index >= 15 is 0 Å². The highest BCUT2D eigenvalue weighted by atomic mass is 16.5. The molecule has 0 aliphatic rings. The van der Waals surface area contributed by atoms with Gasteiger partial charge >= 0.3 is 0 Å². The van der Waals surface area contributed by atoms with Crippen molar-refractivity contribution in [3.05, 3.63) is 0 Å². The average molecular weight is 218 g/mol. The molecule has 0 aromatic carbocycles. The third-order valence-electron chi connectivity index (χ3n) is 2.29. The normalized spacial score (nSPS) is 14.6. The van der Waals surface area contributed by atoms with E-state index in [9.17, 15) is 5.11 Å². The highest BCUT2D eigenvalue weighted by Crippen LogP contribution is 2.15. The molecular formula is C12H26O3. The fourth-order valence-corrected chi connectivity index (χ4v) is 1.05. The van der Waals surface area contributed by atoms with Crippen LogP contribution >= 0.6 is 0 Å². The molecule has 0 aromatic heterocycles. The van der Waals surface area contributed by atoms with Gasteiger partial charge in [-0.15, -0.1) is 0 Å². The van der Waals surface area contributed by atoms with Gasteiger partial charge in [0.1, 0.15) is 0 Å². The Labute approximate surface area is 93.8 Å². The van der Waals surface area contributed by atoms with E-state index in [-0.39, 0.29) is 17.8 Å². The summed E-state index contributed by atoms with van der Waals surface area (Å²) < 4.78 is 11.1. The lowest BCUT2D eigenvalue weighted by atomic mass is 10.1. The smallest absolute Gasteiger partial charge is 0.0771 e. The fourth-order valence-electron chi connectivity index (χ4n) is 1.05. The summed E-state index contributed by atoms with van der Waals surface area (Å²) in [5.41, 5.74) is -0.217. The molecule has 0 radical (unpaired) electrons. The van der Waals surface area contributed by atoms with Crippen LogP contribution in [0, 0.1) is 0 Å². The van der Waals surface area contributed by atoms with Crippen LogP contribution in [0.25, 0.3) is 0 Å². The van der Waals surface area contributed by atoms with Crippen molar-refractivity contribution in [1.29, 1.82) is 0 Å². The predicted octanol–water partition coefficient (Wildman–Crippen LogP) is 2.37. The molecule has 0 amide bonds. The minimum Gasteiger partial charge on any atom is -0.391 e. The topological polar surface area (TPSA) is 38.7 Å². The lowest BCUT2D eigenvalue weighted by Crippen LogP contribution is -2.30. The Morgan fingerprint density at radius 1 is 1.27 bits per heavy atom. The monoisotopic (exact) mass is 218 g/mol. The molecule has 0 spiro atoms. The lowest BCUT2D eigenvalue weighted by Gasteiger charge is -2.26. The molecular weight excluding hydrogens is 192 g/mol. The zero-order valence-corrected chi connectivity index (χ0v) is 10.7. The Morgan fingerprint density at radius 2 is 1.87 bits per heavy atom. The predicted molar refractivity (Wildman–Crippen MR) is 62.0 cm³/mol. The lowest BCUT2D eigenvalue weighted by molar-refractivity contribution is -0.0776. The summed E-state index contributed by atoms with van der Waals surface area (Å²) in [6.07, 6.45) is 1.50. The van der Waals surface area contributed by atoms with Gasteiger partial charge in [0.2, 0.25) is 0 Å². The van der Waals surface area contributed by atoms with Gasteiger partial charge in [0, 0.05) is 6.61 Å². The second kappa shape index (κ2) is 7.20. The summed E-state index contributed by atoms with van der Waals surface area (Å²) >= 11 is 0. The first-order chi connectivity index (χ1) is 6.87. The second-order valence-corrected chi connectivity index (χ2v) is 4.80. The molecule has 15 heavy (non-hydrogen) atoms. The second-order valence-electron chi connectivity index (χ2n) is 4.80. The highest BCUT2D eigenvalue weighted by Gasteiger charge is 2.19. The third-order valence-corrected chi connectivity index (χ3v) is 2.29. The van der Waals surface area contributed by atoms with Crippen molar-refractivity contribution in [2.24, 2.45) is 0 Å². The van der Waals surface area contributed by atoms with Crippen molar-refractivity contribution in [3.63, 3.8) is 0 Å². The van der Waals surface area contributed by atoms with E-state index in [2.05, 4.69) is 0 Å². The van der Waals surface area contributed by atoms with Crippen LogP contribution in [0.3, 0.4) is 0 Å². The maximum absolute atomic E-state index is 9.38. The van der Waals surface area contributed by atoms with Gasteiger partial charge in [0.15, 0.2) is 0 Å². The number of rotatable bonds is 8. The van der Waals surface area contributed by atoms with Crippen molar-refractivity contribution in [3.8, 4) is 0 Å². The minimum absolute atomic E-state index is 0.217. The van der Waals surface area contributed by atoms with Crippen LogP contribution in [0.15, 0.2) is 0 Å². The summed E-state index contributed by atoms with van der Waals surface area (Å²) in [6.45, 7) is 11.2. The number of hydrogen-bond acceptors (Lipinski definition) is 3.